The summed E-state index contributed by atoms with van der Waals surface area (Å²) >= 11 is 10.4. The molecule has 0 radical (unpaired) electrons. The summed E-state index contributed by atoms with van der Waals surface area (Å²) in [6.45, 7) is 0.581. The van der Waals surface area contributed by atoms with Crippen LogP contribution in [0.4, 0.5) is 4.79 Å². The van der Waals surface area contributed by atoms with E-state index < -0.39 is 0 Å². The molecule has 3 aromatic rings. The molecule has 2 amide bonds. The maximum Gasteiger partial charge on any atom is 0.293 e. The van der Waals surface area contributed by atoms with E-state index in [1.165, 1.54) is 4.90 Å². The second-order valence-electron chi connectivity index (χ2n) is 7.20. The number of carbonyl (C=O) groups excluding carboxylic acids is 2. The Morgan fingerprint density at radius 1 is 1.03 bits per heavy atom. The average molecular weight is 545 g/mol. The van der Waals surface area contributed by atoms with Gasteiger partial charge < -0.3 is 9.47 Å². The van der Waals surface area contributed by atoms with Crippen LogP contribution >= 0.6 is 39.3 Å². The van der Waals surface area contributed by atoms with Gasteiger partial charge in [-0.05, 0) is 74.7 Å². The third kappa shape index (κ3) is 5.61. The number of benzene rings is 3. The summed E-state index contributed by atoms with van der Waals surface area (Å²) in [5, 5.41) is 0.374. The maximum atomic E-state index is 12.9. The van der Waals surface area contributed by atoms with Gasteiger partial charge in [-0.25, -0.2) is 0 Å². The number of thioether (sulfide) groups is 1. The van der Waals surface area contributed by atoms with Crippen LogP contribution in [0, 0.1) is 0 Å². The standard InChI is InChI=1S/C25H19BrClNO4S/c1-31-21-12-18(11-20(26)23(21)32-15-17-7-9-19(27)10-8-17)13-22-24(29)28(25(30)33-22)14-16-5-3-2-4-6-16/h2-13H,14-15H2,1H3/b22-13-. The summed E-state index contributed by atoms with van der Waals surface area (Å²) in [6, 6.07) is 20.4. The van der Waals surface area contributed by atoms with Crippen molar-refractivity contribution in [1.29, 1.82) is 0 Å². The van der Waals surface area contributed by atoms with Gasteiger partial charge in [0.25, 0.3) is 11.1 Å². The number of imide groups is 1. The molecule has 0 aromatic heterocycles. The number of halogens is 2. The van der Waals surface area contributed by atoms with Gasteiger partial charge in [0.05, 0.1) is 23.0 Å². The molecule has 0 saturated carbocycles. The van der Waals surface area contributed by atoms with Crippen LogP contribution in [0.3, 0.4) is 0 Å². The molecule has 1 aliphatic rings. The highest BCUT2D eigenvalue weighted by Gasteiger charge is 2.35. The first-order valence-electron chi connectivity index (χ1n) is 9.98. The van der Waals surface area contributed by atoms with Gasteiger partial charge in [0.15, 0.2) is 11.5 Å². The van der Waals surface area contributed by atoms with E-state index in [1.54, 1.807) is 31.4 Å². The van der Waals surface area contributed by atoms with Crippen molar-refractivity contribution in [3.8, 4) is 11.5 Å². The van der Waals surface area contributed by atoms with Crippen LogP contribution in [0.15, 0.2) is 76.1 Å². The molecule has 4 rings (SSSR count). The summed E-state index contributed by atoms with van der Waals surface area (Å²) in [7, 11) is 1.55. The fraction of sp³-hybridized carbons (Fsp3) is 0.120. The van der Waals surface area contributed by atoms with Crippen molar-refractivity contribution in [2.24, 2.45) is 0 Å². The molecule has 8 heteroatoms. The van der Waals surface area contributed by atoms with Gasteiger partial charge in [0.1, 0.15) is 6.61 Å². The lowest BCUT2D eigenvalue weighted by molar-refractivity contribution is -0.123. The summed E-state index contributed by atoms with van der Waals surface area (Å²) in [5.41, 5.74) is 2.57. The van der Waals surface area contributed by atoms with Crippen LogP contribution in [0.2, 0.25) is 5.02 Å². The predicted octanol–water partition coefficient (Wildman–Crippen LogP) is 6.93. The van der Waals surface area contributed by atoms with Gasteiger partial charge in [-0.2, -0.15) is 0 Å². The zero-order valence-corrected chi connectivity index (χ0v) is 20.7. The zero-order valence-electron chi connectivity index (χ0n) is 17.6. The Bertz CT molecular complexity index is 1220. The first-order chi connectivity index (χ1) is 15.9. The topological polar surface area (TPSA) is 55.8 Å². The molecular weight excluding hydrogens is 526 g/mol. The number of rotatable bonds is 7. The summed E-state index contributed by atoms with van der Waals surface area (Å²) in [5.74, 6) is 0.738. The molecule has 0 spiro atoms. The zero-order chi connectivity index (χ0) is 23.4. The normalized spacial score (nSPS) is 14.8. The molecule has 0 N–H and O–H groups in total. The van der Waals surface area contributed by atoms with E-state index in [-0.39, 0.29) is 17.7 Å². The summed E-state index contributed by atoms with van der Waals surface area (Å²) in [4.78, 5) is 26.9. The fourth-order valence-corrected chi connectivity index (χ4v) is 4.79. The average Bonchev–Trinajstić information content (AvgIpc) is 3.07. The van der Waals surface area contributed by atoms with Crippen molar-refractivity contribution in [3.63, 3.8) is 0 Å². The molecule has 1 aliphatic heterocycles. The third-order valence-corrected chi connectivity index (χ3v) is 6.65. The van der Waals surface area contributed by atoms with E-state index in [9.17, 15) is 9.59 Å². The minimum Gasteiger partial charge on any atom is -0.493 e. The van der Waals surface area contributed by atoms with Crippen LogP contribution in [0.25, 0.3) is 6.08 Å². The minimum absolute atomic E-state index is 0.243. The van der Waals surface area contributed by atoms with Crippen LogP contribution in [0.5, 0.6) is 11.5 Å². The van der Waals surface area contributed by atoms with Crippen molar-refractivity contribution >= 4 is 56.5 Å². The van der Waals surface area contributed by atoms with E-state index in [0.717, 1.165) is 22.9 Å². The number of nitrogens with zero attached hydrogens (tertiary/aromatic N) is 1. The largest absolute Gasteiger partial charge is 0.493 e. The van der Waals surface area contributed by atoms with Crippen molar-refractivity contribution in [2.45, 2.75) is 13.2 Å². The number of carbonyl (C=O) groups is 2. The quantitative estimate of drug-likeness (QED) is 0.302. The van der Waals surface area contributed by atoms with E-state index >= 15 is 0 Å². The maximum absolute atomic E-state index is 12.9. The first-order valence-corrected chi connectivity index (χ1v) is 12.0. The van der Waals surface area contributed by atoms with E-state index in [4.69, 9.17) is 21.1 Å². The summed E-state index contributed by atoms with van der Waals surface area (Å²) < 4.78 is 12.1. The molecule has 1 fully saturated rings. The molecule has 3 aromatic carbocycles. The van der Waals surface area contributed by atoms with Crippen molar-refractivity contribution in [2.75, 3.05) is 7.11 Å². The highest BCUT2D eigenvalue weighted by atomic mass is 79.9. The SMILES string of the molecule is COc1cc(/C=C2\SC(=O)N(Cc3ccccc3)C2=O)cc(Br)c1OCc1ccc(Cl)cc1. The molecule has 1 saturated heterocycles. The molecule has 1 heterocycles. The predicted molar refractivity (Wildman–Crippen MR) is 134 cm³/mol. The van der Waals surface area contributed by atoms with Crippen LogP contribution < -0.4 is 9.47 Å². The van der Waals surface area contributed by atoms with Gasteiger partial charge in [-0.1, -0.05) is 54.1 Å². The smallest absolute Gasteiger partial charge is 0.293 e. The van der Waals surface area contributed by atoms with Gasteiger partial charge >= 0.3 is 0 Å². The lowest BCUT2D eigenvalue weighted by atomic mass is 10.1. The highest BCUT2D eigenvalue weighted by molar-refractivity contribution is 9.10. The Morgan fingerprint density at radius 3 is 2.45 bits per heavy atom. The van der Waals surface area contributed by atoms with Gasteiger partial charge in [0, 0.05) is 5.02 Å². The highest BCUT2D eigenvalue weighted by Crippen LogP contribution is 2.39. The van der Waals surface area contributed by atoms with Crippen molar-refractivity contribution in [3.05, 3.63) is 97.8 Å². The number of hydrogen-bond acceptors (Lipinski definition) is 5. The van der Waals surface area contributed by atoms with Crippen LogP contribution in [-0.4, -0.2) is 23.2 Å². The Balaban J connectivity index is 1.53. The van der Waals surface area contributed by atoms with Gasteiger partial charge in [-0.15, -0.1) is 0 Å². The Hall–Kier alpha value is -2.74. The number of amides is 2. The van der Waals surface area contributed by atoms with Gasteiger partial charge in [0.2, 0.25) is 0 Å². The Morgan fingerprint density at radius 2 is 1.76 bits per heavy atom. The fourth-order valence-electron chi connectivity index (χ4n) is 3.25. The van der Waals surface area contributed by atoms with Crippen molar-refractivity contribution in [1.82, 2.24) is 4.90 Å². The second kappa shape index (κ2) is 10.5. The monoisotopic (exact) mass is 543 g/mol. The van der Waals surface area contributed by atoms with Crippen LogP contribution in [0.1, 0.15) is 16.7 Å². The molecule has 0 atom stereocenters. The number of hydrogen-bond donors (Lipinski definition) is 0. The lowest BCUT2D eigenvalue weighted by Gasteiger charge is -2.14. The number of ether oxygens (including phenoxy) is 2. The molecule has 33 heavy (non-hydrogen) atoms. The molecule has 0 bridgehead atoms. The molecular formula is C25H19BrClNO4S. The van der Waals surface area contributed by atoms with Gasteiger partial charge in [-0.3, -0.25) is 14.5 Å². The Labute approximate surface area is 209 Å². The minimum atomic E-state index is -0.313. The van der Waals surface area contributed by atoms with E-state index in [0.29, 0.717) is 38.1 Å². The first kappa shape index (κ1) is 23.4. The summed E-state index contributed by atoms with van der Waals surface area (Å²) in [6.07, 6.45) is 1.69. The second-order valence-corrected chi connectivity index (χ2v) is 9.49. The molecule has 0 aliphatic carbocycles. The van der Waals surface area contributed by atoms with E-state index in [2.05, 4.69) is 15.9 Å². The number of methoxy groups -OCH3 is 1. The molecule has 5 nitrogen and oxygen atoms in total. The van der Waals surface area contributed by atoms with E-state index in [1.807, 2.05) is 48.5 Å². The molecule has 168 valence electrons. The third-order valence-electron chi connectivity index (χ3n) is 4.90. The molecule has 0 unspecified atom stereocenters. The van der Waals surface area contributed by atoms with Crippen LogP contribution in [-0.2, 0) is 17.9 Å². The van der Waals surface area contributed by atoms with Crippen molar-refractivity contribution < 1.29 is 19.1 Å². The lowest BCUT2D eigenvalue weighted by Crippen LogP contribution is -2.27. The Kier molecular flexibility index (Phi) is 7.42.